The van der Waals surface area contributed by atoms with Gasteiger partial charge in [-0.3, -0.25) is 4.99 Å². The molecule has 0 heterocycles. The highest BCUT2D eigenvalue weighted by Gasteiger charge is 2.08. The van der Waals surface area contributed by atoms with Gasteiger partial charge >= 0.3 is 0 Å². The fourth-order valence-electron chi connectivity index (χ4n) is 2.40. The van der Waals surface area contributed by atoms with Gasteiger partial charge in [0.2, 0.25) is 0 Å². The molecule has 0 aliphatic heterocycles. The third kappa shape index (κ3) is 4.65. The van der Waals surface area contributed by atoms with E-state index < -0.39 is 0 Å². The summed E-state index contributed by atoms with van der Waals surface area (Å²) in [5.41, 5.74) is 2.30. The van der Waals surface area contributed by atoms with Gasteiger partial charge in [-0.05, 0) is 30.2 Å². The Morgan fingerprint density at radius 2 is 1.75 bits per heavy atom. The van der Waals surface area contributed by atoms with Crippen molar-refractivity contribution >= 4 is 5.96 Å². The van der Waals surface area contributed by atoms with Crippen LogP contribution in [0.25, 0.3) is 0 Å². The number of rotatable bonds is 6. The number of nitrogens with zero attached hydrogens (tertiary/aromatic N) is 1. The topological polar surface area (TPSA) is 54.9 Å². The third-order valence-corrected chi connectivity index (χ3v) is 3.78. The number of guanidine groups is 1. The molecule has 2 N–H and O–H groups in total. The number of methoxy groups -OCH3 is 2. The maximum Gasteiger partial charge on any atom is 0.191 e. The van der Waals surface area contributed by atoms with E-state index in [1.54, 1.807) is 21.3 Å². The number of ether oxygens (including phenoxy) is 2. The highest BCUT2D eigenvalue weighted by atomic mass is 16.5. The van der Waals surface area contributed by atoms with E-state index in [9.17, 15) is 0 Å². The fourth-order valence-corrected chi connectivity index (χ4v) is 2.40. The van der Waals surface area contributed by atoms with E-state index in [0.717, 1.165) is 23.0 Å². The summed E-state index contributed by atoms with van der Waals surface area (Å²) in [6.45, 7) is 2.75. The highest BCUT2D eigenvalue weighted by Crippen LogP contribution is 2.27. The van der Waals surface area contributed by atoms with Crippen LogP contribution < -0.4 is 20.1 Å². The lowest BCUT2D eigenvalue weighted by atomic mass is 10.1. The quantitative estimate of drug-likeness (QED) is 0.632. The van der Waals surface area contributed by atoms with E-state index in [4.69, 9.17) is 9.47 Å². The Labute approximate surface area is 143 Å². The minimum Gasteiger partial charge on any atom is -0.493 e. The molecule has 5 heteroatoms. The predicted octanol–water partition coefficient (Wildman–Crippen LogP) is 3.13. The van der Waals surface area contributed by atoms with Crippen LogP contribution >= 0.6 is 0 Å². The lowest BCUT2D eigenvalue weighted by molar-refractivity contribution is 0.354. The molecular formula is C19H25N3O2. The van der Waals surface area contributed by atoms with Gasteiger partial charge in [0.25, 0.3) is 0 Å². The summed E-state index contributed by atoms with van der Waals surface area (Å²) in [5, 5.41) is 6.70. The number of hydrogen-bond donors (Lipinski definition) is 2. The van der Waals surface area contributed by atoms with Crippen LogP contribution in [0, 0.1) is 0 Å². The van der Waals surface area contributed by atoms with Crippen molar-refractivity contribution in [2.45, 2.75) is 19.5 Å². The van der Waals surface area contributed by atoms with Gasteiger partial charge < -0.3 is 20.1 Å². The average Bonchev–Trinajstić information content (AvgIpc) is 2.65. The monoisotopic (exact) mass is 327 g/mol. The zero-order valence-electron chi connectivity index (χ0n) is 14.7. The molecule has 1 atom stereocenters. The van der Waals surface area contributed by atoms with Gasteiger partial charge in [0.1, 0.15) is 0 Å². The summed E-state index contributed by atoms with van der Waals surface area (Å²) in [4.78, 5) is 4.28. The molecule has 0 radical (unpaired) electrons. The zero-order valence-corrected chi connectivity index (χ0v) is 14.7. The molecule has 0 aliphatic carbocycles. The fraction of sp³-hybridized carbons (Fsp3) is 0.316. The second-order valence-corrected chi connectivity index (χ2v) is 5.39. The number of hydrogen-bond acceptors (Lipinski definition) is 3. The smallest absolute Gasteiger partial charge is 0.191 e. The van der Waals surface area contributed by atoms with Crippen molar-refractivity contribution in [2.75, 3.05) is 21.3 Å². The molecule has 0 saturated heterocycles. The molecule has 1 unspecified atom stereocenters. The van der Waals surface area contributed by atoms with Gasteiger partial charge in [-0.1, -0.05) is 36.4 Å². The standard InChI is InChI=1S/C19H25N3O2/c1-14(16-8-6-5-7-9-16)22-19(20-2)21-13-15-10-11-17(23-3)18(12-15)24-4/h5-12,14H,13H2,1-4H3,(H2,20,21,22). The van der Waals surface area contributed by atoms with E-state index >= 15 is 0 Å². The van der Waals surface area contributed by atoms with Crippen molar-refractivity contribution in [1.82, 2.24) is 10.6 Å². The lowest BCUT2D eigenvalue weighted by Crippen LogP contribution is -2.38. The minimum absolute atomic E-state index is 0.169. The van der Waals surface area contributed by atoms with Crippen molar-refractivity contribution in [2.24, 2.45) is 4.99 Å². The number of aliphatic imine (C=N–C) groups is 1. The van der Waals surface area contributed by atoms with Crippen LogP contribution in [0.2, 0.25) is 0 Å². The zero-order chi connectivity index (χ0) is 17.4. The Morgan fingerprint density at radius 3 is 2.38 bits per heavy atom. The van der Waals surface area contributed by atoms with Crippen LogP contribution in [0.3, 0.4) is 0 Å². The molecule has 5 nitrogen and oxygen atoms in total. The second kappa shape index (κ2) is 8.82. The maximum absolute atomic E-state index is 5.33. The Balaban J connectivity index is 1.96. The SMILES string of the molecule is CN=C(NCc1ccc(OC)c(OC)c1)NC(C)c1ccccc1. The van der Waals surface area contributed by atoms with Crippen LogP contribution in [0.4, 0.5) is 0 Å². The molecular weight excluding hydrogens is 302 g/mol. The lowest BCUT2D eigenvalue weighted by Gasteiger charge is -2.18. The third-order valence-electron chi connectivity index (χ3n) is 3.78. The second-order valence-electron chi connectivity index (χ2n) is 5.39. The summed E-state index contributed by atoms with van der Waals surface area (Å²) in [5.74, 6) is 2.19. The van der Waals surface area contributed by atoms with Crippen molar-refractivity contribution in [3.63, 3.8) is 0 Å². The van der Waals surface area contributed by atoms with Gasteiger partial charge in [0.05, 0.1) is 20.3 Å². The Bertz CT molecular complexity index is 672. The molecule has 2 aromatic rings. The summed E-state index contributed by atoms with van der Waals surface area (Å²) < 4.78 is 10.6. The Hall–Kier alpha value is -2.69. The summed E-state index contributed by atoms with van der Waals surface area (Å²) in [6.07, 6.45) is 0. The molecule has 24 heavy (non-hydrogen) atoms. The number of nitrogens with one attached hydrogen (secondary N) is 2. The molecule has 2 rings (SSSR count). The predicted molar refractivity (Wildman–Crippen MR) is 97.7 cm³/mol. The summed E-state index contributed by atoms with van der Waals surface area (Å²) in [7, 11) is 5.03. The van der Waals surface area contributed by atoms with E-state index in [0.29, 0.717) is 6.54 Å². The first-order chi connectivity index (χ1) is 11.7. The van der Waals surface area contributed by atoms with Crippen LogP contribution in [-0.2, 0) is 6.54 Å². The van der Waals surface area contributed by atoms with Crippen molar-refractivity contribution < 1.29 is 9.47 Å². The maximum atomic E-state index is 5.33. The number of benzene rings is 2. The molecule has 128 valence electrons. The molecule has 0 saturated carbocycles. The van der Waals surface area contributed by atoms with Gasteiger partial charge in [-0.25, -0.2) is 0 Å². The molecule has 0 bridgehead atoms. The largest absolute Gasteiger partial charge is 0.493 e. The molecule has 0 aromatic heterocycles. The first-order valence-corrected chi connectivity index (χ1v) is 7.91. The summed E-state index contributed by atoms with van der Waals surface area (Å²) in [6, 6.07) is 16.3. The molecule has 2 aromatic carbocycles. The normalized spacial score (nSPS) is 12.4. The Morgan fingerprint density at radius 1 is 1.04 bits per heavy atom. The molecule has 0 fully saturated rings. The van der Waals surface area contributed by atoms with Gasteiger partial charge in [-0.15, -0.1) is 0 Å². The van der Waals surface area contributed by atoms with Gasteiger partial charge in [0, 0.05) is 13.6 Å². The highest BCUT2D eigenvalue weighted by molar-refractivity contribution is 5.80. The van der Waals surface area contributed by atoms with Crippen molar-refractivity contribution in [3.8, 4) is 11.5 Å². The van der Waals surface area contributed by atoms with Gasteiger partial charge in [0.15, 0.2) is 17.5 Å². The van der Waals surface area contributed by atoms with Crippen LogP contribution in [-0.4, -0.2) is 27.2 Å². The first kappa shape index (κ1) is 17.7. The Kier molecular flexibility index (Phi) is 6.49. The van der Waals surface area contributed by atoms with Gasteiger partial charge in [-0.2, -0.15) is 0 Å². The molecule has 0 aliphatic rings. The van der Waals surface area contributed by atoms with Crippen LogP contribution in [0.5, 0.6) is 11.5 Å². The minimum atomic E-state index is 0.169. The molecule has 0 spiro atoms. The first-order valence-electron chi connectivity index (χ1n) is 7.91. The average molecular weight is 327 g/mol. The van der Waals surface area contributed by atoms with E-state index in [1.165, 1.54) is 5.56 Å². The van der Waals surface area contributed by atoms with Crippen LogP contribution in [0.15, 0.2) is 53.5 Å². The van der Waals surface area contributed by atoms with Crippen molar-refractivity contribution in [3.05, 3.63) is 59.7 Å². The van der Waals surface area contributed by atoms with E-state index in [-0.39, 0.29) is 6.04 Å². The molecule has 0 amide bonds. The van der Waals surface area contributed by atoms with E-state index in [2.05, 4.69) is 34.7 Å². The summed E-state index contributed by atoms with van der Waals surface area (Å²) >= 11 is 0. The van der Waals surface area contributed by atoms with Crippen molar-refractivity contribution in [1.29, 1.82) is 0 Å². The van der Waals surface area contributed by atoms with Crippen LogP contribution in [0.1, 0.15) is 24.1 Å². The van der Waals surface area contributed by atoms with E-state index in [1.807, 2.05) is 36.4 Å².